The molecular formula is C19H22FN. The van der Waals surface area contributed by atoms with Gasteiger partial charge in [0, 0.05) is 0 Å². The second-order valence-electron chi connectivity index (χ2n) is 5.84. The van der Waals surface area contributed by atoms with Gasteiger partial charge in [-0.2, -0.15) is 0 Å². The standard InChI is InChI=1S/C19H22FN/c1-2-21-19(15-9-11-18(20)12-10-15)17-8-4-7-16(13-17)14-5-3-6-14/h4,7-14,19,21H,2-3,5-6H2,1H3. The summed E-state index contributed by atoms with van der Waals surface area (Å²) in [6.45, 7) is 2.99. The zero-order chi connectivity index (χ0) is 14.7. The van der Waals surface area contributed by atoms with Crippen LogP contribution in [-0.2, 0) is 0 Å². The van der Waals surface area contributed by atoms with Gasteiger partial charge in [0.1, 0.15) is 5.82 Å². The molecule has 3 rings (SSSR count). The van der Waals surface area contributed by atoms with Gasteiger partial charge in [-0.1, -0.05) is 49.7 Å². The summed E-state index contributed by atoms with van der Waals surface area (Å²) >= 11 is 0. The van der Waals surface area contributed by atoms with E-state index in [1.165, 1.54) is 42.5 Å². The highest BCUT2D eigenvalue weighted by atomic mass is 19.1. The highest BCUT2D eigenvalue weighted by Crippen LogP contribution is 2.37. The Morgan fingerprint density at radius 2 is 1.86 bits per heavy atom. The van der Waals surface area contributed by atoms with Gasteiger partial charge in [-0.15, -0.1) is 0 Å². The van der Waals surface area contributed by atoms with Gasteiger partial charge in [-0.3, -0.25) is 0 Å². The zero-order valence-electron chi connectivity index (χ0n) is 12.5. The summed E-state index contributed by atoms with van der Waals surface area (Å²) in [7, 11) is 0. The number of hydrogen-bond donors (Lipinski definition) is 1. The summed E-state index contributed by atoms with van der Waals surface area (Å²) < 4.78 is 13.1. The maximum absolute atomic E-state index is 13.1. The molecule has 0 amide bonds. The lowest BCUT2D eigenvalue weighted by Gasteiger charge is -2.27. The third kappa shape index (κ3) is 3.16. The summed E-state index contributed by atoms with van der Waals surface area (Å²) in [5, 5.41) is 3.51. The lowest BCUT2D eigenvalue weighted by Crippen LogP contribution is -2.22. The Bertz CT molecular complexity index is 587. The Morgan fingerprint density at radius 3 is 2.48 bits per heavy atom. The highest BCUT2D eigenvalue weighted by Gasteiger charge is 2.21. The summed E-state index contributed by atoms with van der Waals surface area (Å²) in [5.41, 5.74) is 3.83. The van der Waals surface area contributed by atoms with Crippen LogP contribution >= 0.6 is 0 Å². The van der Waals surface area contributed by atoms with Crippen molar-refractivity contribution in [3.05, 3.63) is 71.0 Å². The average Bonchev–Trinajstić information content (AvgIpc) is 2.44. The number of rotatable bonds is 5. The van der Waals surface area contributed by atoms with Gasteiger partial charge >= 0.3 is 0 Å². The molecular weight excluding hydrogens is 261 g/mol. The van der Waals surface area contributed by atoms with Crippen molar-refractivity contribution in [2.45, 2.75) is 38.1 Å². The predicted octanol–water partition coefficient (Wildman–Crippen LogP) is 4.79. The predicted molar refractivity (Wildman–Crippen MR) is 85.0 cm³/mol. The van der Waals surface area contributed by atoms with E-state index in [9.17, 15) is 4.39 Å². The fraction of sp³-hybridized carbons (Fsp3) is 0.368. The van der Waals surface area contributed by atoms with E-state index in [2.05, 4.69) is 36.5 Å². The van der Waals surface area contributed by atoms with Crippen LogP contribution in [0.4, 0.5) is 4.39 Å². The van der Waals surface area contributed by atoms with Crippen LogP contribution in [0.5, 0.6) is 0 Å². The van der Waals surface area contributed by atoms with Crippen molar-refractivity contribution >= 4 is 0 Å². The summed E-state index contributed by atoms with van der Waals surface area (Å²) in [6, 6.07) is 15.8. The minimum atomic E-state index is -0.183. The van der Waals surface area contributed by atoms with Crippen LogP contribution in [0, 0.1) is 5.82 Å². The largest absolute Gasteiger partial charge is 0.307 e. The van der Waals surface area contributed by atoms with Crippen LogP contribution in [0.2, 0.25) is 0 Å². The molecule has 2 aromatic carbocycles. The fourth-order valence-electron chi connectivity index (χ4n) is 3.02. The first kappa shape index (κ1) is 14.3. The van der Waals surface area contributed by atoms with Crippen LogP contribution in [-0.4, -0.2) is 6.54 Å². The summed E-state index contributed by atoms with van der Waals surface area (Å²) in [4.78, 5) is 0. The molecule has 110 valence electrons. The molecule has 1 nitrogen and oxygen atoms in total. The monoisotopic (exact) mass is 283 g/mol. The van der Waals surface area contributed by atoms with Crippen LogP contribution in [0.25, 0.3) is 0 Å². The van der Waals surface area contributed by atoms with Crippen molar-refractivity contribution in [2.24, 2.45) is 0 Å². The van der Waals surface area contributed by atoms with Crippen LogP contribution in [0.1, 0.15) is 54.8 Å². The average molecular weight is 283 g/mol. The Labute approximate surface area is 126 Å². The molecule has 1 fully saturated rings. The van der Waals surface area contributed by atoms with E-state index in [1.54, 1.807) is 0 Å². The molecule has 0 bridgehead atoms. The molecule has 0 aromatic heterocycles. The zero-order valence-corrected chi connectivity index (χ0v) is 12.5. The van der Waals surface area contributed by atoms with E-state index in [-0.39, 0.29) is 11.9 Å². The van der Waals surface area contributed by atoms with Crippen LogP contribution < -0.4 is 5.32 Å². The molecule has 0 aliphatic heterocycles. The molecule has 1 aliphatic carbocycles. The van der Waals surface area contributed by atoms with Crippen molar-refractivity contribution < 1.29 is 4.39 Å². The normalized spacial score (nSPS) is 16.5. The van der Waals surface area contributed by atoms with Gasteiger partial charge in [0.15, 0.2) is 0 Å². The quantitative estimate of drug-likeness (QED) is 0.831. The third-order valence-electron chi connectivity index (χ3n) is 4.43. The van der Waals surface area contributed by atoms with Gasteiger partial charge in [-0.25, -0.2) is 4.39 Å². The molecule has 1 N–H and O–H groups in total. The SMILES string of the molecule is CCNC(c1ccc(F)cc1)c1cccc(C2CCC2)c1. The molecule has 21 heavy (non-hydrogen) atoms. The van der Waals surface area contributed by atoms with E-state index in [4.69, 9.17) is 0 Å². The minimum Gasteiger partial charge on any atom is -0.307 e. The number of nitrogens with one attached hydrogen (secondary N) is 1. The molecule has 1 atom stereocenters. The lowest BCUT2D eigenvalue weighted by atomic mass is 9.79. The molecule has 1 unspecified atom stereocenters. The maximum atomic E-state index is 13.1. The molecule has 1 saturated carbocycles. The number of benzene rings is 2. The van der Waals surface area contributed by atoms with Gasteiger partial charge in [-0.05, 0) is 54.1 Å². The molecule has 0 spiro atoms. The Kier molecular flexibility index (Phi) is 4.35. The first-order valence-electron chi connectivity index (χ1n) is 7.86. The van der Waals surface area contributed by atoms with Crippen LogP contribution in [0.15, 0.2) is 48.5 Å². The van der Waals surface area contributed by atoms with Crippen molar-refractivity contribution in [3.8, 4) is 0 Å². The second kappa shape index (κ2) is 6.40. The summed E-state index contributed by atoms with van der Waals surface area (Å²) in [6.07, 6.45) is 3.97. The summed E-state index contributed by atoms with van der Waals surface area (Å²) in [5.74, 6) is 0.553. The molecule has 0 heterocycles. The van der Waals surface area contributed by atoms with Gasteiger partial charge in [0.2, 0.25) is 0 Å². The Hall–Kier alpha value is -1.67. The lowest BCUT2D eigenvalue weighted by molar-refractivity contribution is 0.419. The maximum Gasteiger partial charge on any atom is 0.123 e. The molecule has 2 heteroatoms. The van der Waals surface area contributed by atoms with E-state index in [0.717, 1.165) is 18.0 Å². The molecule has 1 aliphatic rings. The first-order valence-corrected chi connectivity index (χ1v) is 7.86. The van der Waals surface area contributed by atoms with Crippen molar-refractivity contribution in [2.75, 3.05) is 6.54 Å². The topological polar surface area (TPSA) is 12.0 Å². The Morgan fingerprint density at radius 1 is 1.10 bits per heavy atom. The highest BCUT2D eigenvalue weighted by molar-refractivity contribution is 5.36. The van der Waals surface area contributed by atoms with Crippen molar-refractivity contribution in [1.82, 2.24) is 5.32 Å². The van der Waals surface area contributed by atoms with Gasteiger partial charge in [0.25, 0.3) is 0 Å². The van der Waals surface area contributed by atoms with Crippen LogP contribution in [0.3, 0.4) is 0 Å². The van der Waals surface area contributed by atoms with Crippen molar-refractivity contribution in [3.63, 3.8) is 0 Å². The van der Waals surface area contributed by atoms with Gasteiger partial charge < -0.3 is 5.32 Å². The van der Waals surface area contributed by atoms with E-state index in [0.29, 0.717) is 0 Å². The van der Waals surface area contributed by atoms with E-state index < -0.39 is 0 Å². The van der Waals surface area contributed by atoms with Gasteiger partial charge in [0.05, 0.1) is 6.04 Å². The molecule has 0 radical (unpaired) electrons. The molecule has 0 saturated heterocycles. The second-order valence-corrected chi connectivity index (χ2v) is 5.84. The minimum absolute atomic E-state index is 0.135. The third-order valence-corrected chi connectivity index (χ3v) is 4.43. The number of hydrogen-bond acceptors (Lipinski definition) is 1. The number of halogens is 1. The smallest absolute Gasteiger partial charge is 0.123 e. The first-order chi connectivity index (χ1) is 10.3. The van der Waals surface area contributed by atoms with E-state index in [1.807, 2.05) is 12.1 Å². The molecule has 2 aromatic rings. The van der Waals surface area contributed by atoms with E-state index >= 15 is 0 Å². The Balaban J connectivity index is 1.91. The van der Waals surface area contributed by atoms with Crippen molar-refractivity contribution in [1.29, 1.82) is 0 Å². The fourth-order valence-corrected chi connectivity index (χ4v) is 3.02.